The predicted octanol–water partition coefficient (Wildman–Crippen LogP) is 2.79. The van der Waals surface area contributed by atoms with Crippen molar-refractivity contribution in [2.24, 2.45) is 4.99 Å². The first-order chi connectivity index (χ1) is 11.7. The molecular weight excluding hydrogens is 296 g/mol. The van der Waals surface area contributed by atoms with Crippen LogP contribution in [0.1, 0.15) is 16.7 Å². The number of rotatable bonds is 7. The van der Waals surface area contributed by atoms with Gasteiger partial charge in [-0.05, 0) is 25.1 Å². The summed E-state index contributed by atoms with van der Waals surface area (Å²) in [7, 11) is 3.94. The monoisotopic (exact) mass is 324 g/mol. The molecule has 2 N–H and O–H groups in total. The second-order valence-electron chi connectivity index (χ2n) is 6.06. The van der Waals surface area contributed by atoms with Gasteiger partial charge in [-0.2, -0.15) is 0 Å². The van der Waals surface area contributed by atoms with Gasteiger partial charge in [-0.15, -0.1) is 0 Å². The molecule has 0 aliphatic carbocycles. The maximum atomic E-state index is 4.28. The fraction of sp³-hybridized carbons (Fsp3) is 0.350. The normalized spacial score (nSPS) is 11.6. The van der Waals surface area contributed by atoms with Crippen molar-refractivity contribution in [1.29, 1.82) is 0 Å². The van der Waals surface area contributed by atoms with Crippen LogP contribution in [0.3, 0.4) is 0 Å². The molecule has 0 spiro atoms. The van der Waals surface area contributed by atoms with Crippen molar-refractivity contribution in [3.8, 4) is 0 Å². The molecule has 0 saturated heterocycles. The van der Waals surface area contributed by atoms with Gasteiger partial charge in [-0.25, -0.2) is 0 Å². The Balaban J connectivity index is 1.69. The molecule has 0 aliphatic rings. The first-order valence-electron chi connectivity index (χ1n) is 8.40. The second kappa shape index (κ2) is 9.73. The number of nitrogens with zero attached hydrogens (tertiary/aromatic N) is 2. The maximum absolute atomic E-state index is 4.28. The molecule has 128 valence electrons. The van der Waals surface area contributed by atoms with Crippen LogP contribution < -0.4 is 10.6 Å². The number of benzene rings is 2. The van der Waals surface area contributed by atoms with Crippen LogP contribution in [0, 0.1) is 6.92 Å². The highest BCUT2D eigenvalue weighted by atomic mass is 15.2. The molecule has 2 aromatic carbocycles. The van der Waals surface area contributed by atoms with Gasteiger partial charge in [-0.3, -0.25) is 4.99 Å². The van der Waals surface area contributed by atoms with E-state index in [0.717, 1.165) is 32.1 Å². The molecule has 2 rings (SSSR count). The molecule has 2 aromatic rings. The van der Waals surface area contributed by atoms with E-state index in [1.54, 1.807) is 7.05 Å². The lowest BCUT2D eigenvalue weighted by atomic mass is 10.1. The van der Waals surface area contributed by atoms with Gasteiger partial charge >= 0.3 is 0 Å². The quantitative estimate of drug-likeness (QED) is 0.608. The zero-order chi connectivity index (χ0) is 17.2. The molecule has 0 aromatic heterocycles. The molecule has 0 aliphatic heterocycles. The fourth-order valence-electron chi connectivity index (χ4n) is 2.57. The van der Waals surface area contributed by atoms with Gasteiger partial charge in [0.2, 0.25) is 0 Å². The van der Waals surface area contributed by atoms with Crippen molar-refractivity contribution >= 4 is 5.96 Å². The Morgan fingerprint density at radius 3 is 2.46 bits per heavy atom. The Bertz CT molecular complexity index is 637. The van der Waals surface area contributed by atoms with E-state index in [1.807, 2.05) is 0 Å². The minimum atomic E-state index is 0.779. The number of aliphatic imine (C=N–C) groups is 1. The molecule has 24 heavy (non-hydrogen) atoms. The third-order valence-electron chi connectivity index (χ3n) is 3.85. The first kappa shape index (κ1) is 18.0. The smallest absolute Gasteiger partial charge is 0.191 e. The van der Waals surface area contributed by atoms with Crippen LogP contribution in [0.2, 0.25) is 0 Å². The van der Waals surface area contributed by atoms with Crippen LogP contribution in [-0.2, 0) is 13.1 Å². The number of hydrogen-bond acceptors (Lipinski definition) is 2. The SMILES string of the molecule is CN=C(NCCN(C)Cc1ccccc1)NCc1cccc(C)c1. The summed E-state index contributed by atoms with van der Waals surface area (Å²) >= 11 is 0. The van der Waals surface area contributed by atoms with Crippen molar-refractivity contribution in [2.45, 2.75) is 20.0 Å². The summed E-state index contributed by atoms with van der Waals surface area (Å²) in [6, 6.07) is 19.0. The zero-order valence-electron chi connectivity index (χ0n) is 14.9. The zero-order valence-corrected chi connectivity index (χ0v) is 14.9. The Morgan fingerprint density at radius 2 is 1.75 bits per heavy atom. The van der Waals surface area contributed by atoms with E-state index < -0.39 is 0 Å². The Kier molecular flexibility index (Phi) is 7.30. The van der Waals surface area contributed by atoms with E-state index in [2.05, 4.69) is 89.1 Å². The minimum Gasteiger partial charge on any atom is -0.355 e. The van der Waals surface area contributed by atoms with E-state index in [1.165, 1.54) is 16.7 Å². The fourth-order valence-corrected chi connectivity index (χ4v) is 2.57. The Hall–Kier alpha value is -2.33. The van der Waals surface area contributed by atoms with Gasteiger partial charge in [0.25, 0.3) is 0 Å². The summed E-state index contributed by atoms with van der Waals surface area (Å²) in [5.74, 6) is 0.838. The summed E-state index contributed by atoms with van der Waals surface area (Å²) in [4.78, 5) is 6.58. The van der Waals surface area contributed by atoms with Crippen LogP contribution in [0.15, 0.2) is 59.6 Å². The van der Waals surface area contributed by atoms with Gasteiger partial charge in [0.1, 0.15) is 0 Å². The van der Waals surface area contributed by atoms with E-state index >= 15 is 0 Å². The number of hydrogen-bond donors (Lipinski definition) is 2. The standard InChI is InChI=1S/C20H28N4/c1-17-8-7-11-19(14-17)15-23-20(21-2)22-12-13-24(3)16-18-9-5-4-6-10-18/h4-11,14H,12-13,15-16H2,1-3H3,(H2,21,22,23). The Labute approximate surface area is 145 Å². The highest BCUT2D eigenvalue weighted by Crippen LogP contribution is 2.03. The largest absolute Gasteiger partial charge is 0.355 e. The summed E-state index contributed by atoms with van der Waals surface area (Å²) < 4.78 is 0. The van der Waals surface area contributed by atoms with Crippen molar-refractivity contribution < 1.29 is 0 Å². The van der Waals surface area contributed by atoms with Gasteiger partial charge in [-0.1, -0.05) is 60.2 Å². The minimum absolute atomic E-state index is 0.779. The third-order valence-corrected chi connectivity index (χ3v) is 3.85. The van der Waals surface area contributed by atoms with Gasteiger partial charge < -0.3 is 15.5 Å². The lowest BCUT2D eigenvalue weighted by Gasteiger charge is -2.18. The second-order valence-corrected chi connectivity index (χ2v) is 6.06. The molecule has 0 atom stereocenters. The molecular formula is C20H28N4. The third kappa shape index (κ3) is 6.42. The lowest BCUT2D eigenvalue weighted by Crippen LogP contribution is -2.40. The van der Waals surface area contributed by atoms with Crippen LogP contribution in [0.5, 0.6) is 0 Å². The number of aryl methyl sites for hydroxylation is 1. The van der Waals surface area contributed by atoms with Crippen molar-refractivity contribution in [3.63, 3.8) is 0 Å². The van der Waals surface area contributed by atoms with Gasteiger partial charge in [0.05, 0.1) is 0 Å². The highest BCUT2D eigenvalue weighted by Gasteiger charge is 2.02. The summed E-state index contributed by atoms with van der Waals surface area (Å²) in [5, 5.41) is 6.72. The summed E-state index contributed by atoms with van der Waals surface area (Å²) in [6.07, 6.45) is 0. The highest BCUT2D eigenvalue weighted by molar-refractivity contribution is 5.79. The molecule has 0 saturated carbocycles. The molecule has 4 nitrogen and oxygen atoms in total. The van der Waals surface area contributed by atoms with Crippen molar-refractivity contribution in [1.82, 2.24) is 15.5 Å². The average molecular weight is 324 g/mol. The van der Waals surface area contributed by atoms with E-state index in [0.29, 0.717) is 0 Å². The number of likely N-dealkylation sites (N-methyl/N-ethyl adjacent to an activating group) is 1. The molecule has 0 unspecified atom stereocenters. The summed E-state index contributed by atoms with van der Waals surface area (Å²) in [5.41, 5.74) is 3.88. The van der Waals surface area contributed by atoms with E-state index in [9.17, 15) is 0 Å². The summed E-state index contributed by atoms with van der Waals surface area (Å²) in [6.45, 7) is 5.66. The predicted molar refractivity (Wildman–Crippen MR) is 102 cm³/mol. The average Bonchev–Trinajstić information content (AvgIpc) is 2.59. The van der Waals surface area contributed by atoms with Crippen molar-refractivity contribution in [3.05, 3.63) is 71.3 Å². The lowest BCUT2D eigenvalue weighted by molar-refractivity contribution is 0.331. The molecule has 0 heterocycles. The van der Waals surface area contributed by atoms with Crippen molar-refractivity contribution in [2.75, 3.05) is 27.2 Å². The van der Waals surface area contributed by atoms with Crippen LogP contribution in [-0.4, -0.2) is 38.0 Å². The van der Waals surface area contributed by atoms with E-state index in [4.69, 9.17) is 0 Å². The topological polar surface area (TPSA) is 39.7 Å². The molecule has 4 heteroatoms. The maximum Gasteiger partial charge on any atom is 0.191 e. The van der Waals surface area contributed by atoms with Crippen LogP contribution in [0.4, 0.5) is 0 Å². The van der Waals surface area contributed by atoms with Crippen LogP contribution >= 0.6 is 0 Å². The first-order valence-corrected chi connectivity index (χ1v) is 8.40. The van der Waals surface area contributed by atoms with Gasteiger partial charge in [0, 0.05) is 33.2 Å². The number of guanidine groups is 1. The molecule has 0 fully saturated rings. The molecule has 0 amide bonds. The Morgan fingerprint density at radius 1 is 1.00 bits per heavy atom. The number of nitrogens with one attached hydrogen (secondary N) is 2. The van der Waals surface area contributed by atoms with Crippen LogP contribution in [0.25, 0.3) is 0 Å². The molecule has 0 bridgehead atoms. The van der Waals surface area contributed by atoms with E-state index in [-0.39, 0.29) is 0 Å². The molecule has 0 radical (unpaired) electrons. The van der Waals surface area contributed by atoms with Gasteiger partial charge in [0.15, 0.2) is 5.96 Å².